The zero-order valence-corrected chi connectivity index (χ0v) is 20.5. The molecule has 0 aliphatic rings. The van der Waals surface area contributed by atoms with Crippen LogP contribution in [0.5, 0.6) is 0 Å². The Morgan fingerprint density at radius 2 is 0.784 bits per heavy atom. The molecule has 0 atom stereocenters. The van der Waals surface area contributed by atoms with E-state index >= 15 is 0 Å². The number of aromatic nitrogens is 6. The van der Waals surface area contributed by atoms with Gasteiger partial charge in [-0.3, -0.25) is 4.90 Å². The summed E-state index contributed by atoms with van der Waals surface area (Å²) < 4.78 is 6.22. The van der Waals surface area contributed by atoms with Gasteiger partial charge in [0.05, 0.1) is 33.1 Å². The summed E-state index contributed by atoms with van der Waals surface area (Å²) in [7, 11) is 0. The monoisotopic (exact) mass is 494 g/mol. The van der Waals surface area contributed by atoms with Crippen molar-refractivity contribution in [3.8, 4) is 0 Å². The van der Waals surface area contributed by atoms with E-state index in [0.29, 0.717) is 37.5 Å². The van der Waals surface area contributed by atoms with Crippen molar-refractivity contribution in [2.24, 2.45) is 0 Å². The highest BCUT2D eigenvalue weighted by molar-refractivity contribution is 5.79. The lowest BCUT2D eigenvalue weighted by Crippen LogP contribution is -2.34. The van der Waals surface area contributed by atoms with Gasteiger partial charge >= 0.3 is 0 Å². The highest BCUT2D eigenvalue weighted by atomic mass is 15.2. The molecule has 0 spiro atoms. The van der Waals surface area contributed by atoms with Gasteiger partial charge in [0.15, 0.2) is 0 Å². The van der Waals surface area contributed by atoms with Crippen LogP contribution < -0.4 is 17.2 Å². The summed E-state index contributed by atoms with van der Waals surface area (Å²) in [5, 5.41) is 0. The zero-order chi connectivity index (χ0) is 25.4. The molecule has 188 valence electrons. The van der Waals surface area contributed by atoms with Crippen molar-refractivity contribution in [2.45, 2.75) is 19.6 Å². The fraction of sp³-hybridized carbons (Fsp3) is 0.222. The van der Waals surface area contributed by atoms with Crippen molar-refractivity contribution in [2.75, 3.05) is 36.8 Å². The second kappa shape index (κ2) is 9.47. The number of para-hydroxylation sites is 6. The van der Waals surface area contributed by atoms with Gasteiger partial charge in [-0.05, 0) is 36.4 Å². The van der Waals surface area contributed by atoms with E-state index in [1.807, 2.05) is 54.6 Å². The van der Waals surface area contributed by atoms with Crippen LogP contribution in [-0.4, -0.2) is 53.2 Å². The van der Waals surface area contributed by atoms with Gasteiger partial charge in [-0.15, -0.1) is 0 Å². The molecule has 0 radical (unpaired) electrons. The summed E-state index contributed by atoms with van der Waals surface area (Å²) in [5.74, 6) is 1.57. The van der Waals surface area contributed by atoms with Gasteiger partial charge in [-0.1, -0.05) is 36.4 Å². The summed E-state index contributed by atoms with van der Waals surface area (Å²) in [6, 6.07) is 24.1. The van der Waals surface area contributed by atoms with Crippen LogP contribution in [0.3, 0.4) is 0 Å². The van der Waals surface area contributed by atoms with Crippen molar-refractivity contribution in [1.29, 1.82) is 0 Å². The Morgan fingerprint density at radius 3 is 1.11 bits per heavy atom. The largest absolute Gasteiger partial charge is 0.369 e. The summed E-state index contributed by atoms with van der Waals surface area (Å²) in [5.41, 5.74) is 24.7. The molecule has 3 aromatic heterocycles. The number of imidazole rings is 3. The number of hydrogen-bond donors (Lipinski definition) is 3. The molecule has 0 unspecified atom stereocenters. The van der Waals surface area contributed by atoms with Crippen molar-refractivity contribution in [1.82, 2.24) is 33.6 Å². The molecule has 0 saturated carbocycles. The summed E-state index contributed by atoms with van der Waals surface area (Å²) in [6.07, 6.45) is 0. The topological polar surface area (TPSA) is 135 Å². The van der Waals surface area contributed by atoms with Gasteiger partial charge in [-0.25, -0.2) is 15.0 Å². The average molecular weight is 495 g/mol. The Labute approximate surface area is 213 Å². The van der Waals surface area contributed by atoms with Crippen molar-refractivity contribution < 1.29 is 0 Å². The molecule has 3 aromatic carbocycles. The predicted octanol–water partition coefficient (Wildman–Crippen LogP) is 3.18. The molecule has 0 saturated heterocycles. The SMILES string of the molecule is Nc1nc2ccccc2n1CCN(CCn1c(N)nc2ccccc21)CCn1c(N)nc2ccccc21. The van der Waals surface area contributed by atoms with E-state index < -0.39 is 0 Å². The number of benzene rings is 3. The van der Waals surface area contributed by atoms with E-state index in [1.165, 1.54) is 0 Å². The highest BCUT2D eigenvalue weighted by Crippen LogP contribution is 2.20. The Kier molecular flexibility index (Phi) is 5.85. The molecule has 37 heavy (non-hydrogen) atoms. The maximum Gasteiger partial charge on any atom is 0.201 e. The number of nitrogens with zero attached hydrogens (tertiary/aromatic N) is 7. The first-order valence-electron chi connectivity index (χ1n) is 12.4. The number of rotatable bonds is 9. The molecule has 0 bridgehead atoms. The minimum Gasteiger partial charge on any atom is -0.369 e. The van der Waals surface area contributed by atoms with E-state index in [2.05, 4.69) is 51.8 Å². The van der Waals surface area contributed by atoms with Gasteiger partial charge in [-0.2, -0.15) is 0 Å². The second-order valence-corrected chi connectivity index (χ2v) is 9.17. The Hall–Kier alpha value is -4.57. The molecule has 10 nitrogen and oxygen atoms in total. The second-order valence-electron chi connectivity index (χ2n) is 9.17. The summed E-state index contributed by atoms with van der Waals surface area (Å²) in [4.78, 5) is 16.0. The average Bonchev–Trinajstić information content (AvgIpc) is 3.52. The number of fused-ring (bicyclic) bond motifs is 3. The molecule has 0 amide bonds. The molecule has 0 aliphatic heterocycles. The molecule has 0 fully saturated rings. The normalized spacial score (nSPS) is 11.9. The third kappa shape index (κ3) is 4.31. The van der Waals surface area contributed by atoms with E-state index in [4.69, 9.17) is 17.2 Å². The van der Waals surface area contributed by atoms with Crippen LogP contribution in [0.4, 0.5) is 17.8 Å². The number of anilines is 3. The standard InChI is InChI=1S/C27H30N10/c28-25-31-19-7-1-4-10-22(19)35(25)16-13-34(14-17-36-23-11-5-2-8-20(23)32-26(36)29)15-18-37-24-12-6-3-9-21(24)33-27(37)30/h1-12H,13-18H2,(H2,28,31)(H2,29,32)(H2,30,33). The summed E-state index contributed by atoms with van der Waals surface area (Å²) >= 11 is 0. The van der Waals surface area contributed by atoms with Gasteiger partial charge in [0.1, 0.15) is 0 Å². The molecule has 6 N–H and O–H groups in total. The maximum absolute atomic E-state index is 6.28. The fourth-order valence-corrected chi connectivity index (χ4v) is 5.05. The first kappa shape index (κ1) is 22.9. The first-order valence-corrected chi connectivity index (χ1v) is 12.4. The first-order chi connectivity index (χ1) is 18.1. The number of hydrogen-bond acceptors (Lipinski definition) is 7. The highest BCUT2D eigenvalue weighted by Gasteiger charge is 2.15. The third-order valence-corrected chi connectivity index (χ3v) is 6.97. The Bertz CT molecular complexity index is 1490. The molecular formula is C27H30N10. The Balaban J connectivity index is 1.24. The van der Waals surface area contributed by atoms with Crippen LogP contribution in [0.25, 0.3) is 33.1 Å². The van der Waals surface area contributed by atoms with Crippen LogP contribution in [0.15, 0.2) is 72.8 Å². The van der Waals surface area contributed by atoms with Gasteiger partial charge < -0.3 is 30.9 Å². The number of nitrogen functional groups attached to an aromatic ring is 3. The summed E-state index contributed by atoms with van der Waals surface area (Å²) in [6.45, 7) is 4.49. The quantitative estimate of drug-likeness (QED) is 0.281. The molecule has 10 heteroatoms. The van der Waals surface area contributed by atoms with Crippen LogP contribution in [0.2, 0.25) is 0 Å². The minimum atomic E-state index is 0.524. The molecule has 0 aliphatic carbocycles. The van der Waals surface area contributed by atoms with Gasteiger partial charge in [0.25, 0.3) is 0 Å². The lowest BCUT2D eigenvalue weighted by Gasteiger charge is -2.24. The van der Waals surface area contributed by atoms with Crippen LogP contribution >= 0.6 is 0 Å². The van der Waals surface area contributed by atoms with Crippen LogP contribution in [-0.2, 0) is 19.6 Å². The molecular weight excluding hydrogens is 464 g/mol. The van der Waals surface area contributed by atoms with Crippen molar-refractivity contribution in [3.63, 3.8) is 0 Å². The Morgan fingerprint density at radius 1 is 0.486 bits per heavy atom. The van der Waals surface area contributed by atoms with Gasteiger partial charge in [0.2, 0.25) is 17.8 Å². The van der Waals surface area contributed by atoms with E-state index in [0.717, 1.165) is 52.7 Å². The van der Waals surface area contributed by atoms with E-state index in [9.17, 15) is 0 Å². The van der Waals surface area contributed by atoms with Crippen molar-refractivity contribution in [3.05, 3.63) is 72.8 Å². The lowest BCUT2D eigenvalue weighted by atomic mass is 10.3. The predicted molar refractivity (Wildman–Crippen MR) is 149 cm³/mol. The number of nitrogens with two attached hydrogens (primary N) is 3. The fourth-order valence-electron chi connectivity index (χ4n) is 5.05. The smallest absolute Gasteiger partial charge is 0.201 e. The van der Waals surface area contributed by atoms with Gasteiger partial charge in [0, 0.05) is 39.3 Å². The van der Waals surface area contributed by atoms with E-state index in [-0.39, 0.29) is 0 Å². The molecule has 6 rings (SSSR count). The van der Waals surface area contributed by atoms with Crippen molar-refractivity contribution >= 4 is 50.9 Å². The lowest BCUT2D eigenvalue weighted by molar-refractivity contribution is 0.247. The zero-order valence-electron chi connectivity index (χ0n) is 20.5. The van der Waals surface area contributed by atoms with E-state index in [1.54, 1.807) is 0 Å². The van der Waals surface area contributed by atoms with Crippen LogP contribution in [0, 0.1) is 0 Å². The molecule has 6 aromatic rings. The third-order valence-electron chi connectivity index (χ3n) is 6.97. The minimum absolute atomic E-state index is 0.524. The van der Waals surface area contributed by atoms with Crippen LogP contribution in [0.1, 0.15) is 0 Å². The molecule has 3 heterocycles. The maximum atomic E-state index is 6.28.